The van der Waals surface area contributed by atoms with Gasteiger partial charge >= 0.3 is 0 Å². The Morgan fingerprint density at radius 3 is 1.36 bits per heavy atom. The smallest absolute Gasteiger partial charge is 0.115 e. The van der Waals surface area contributed by atoms with Gasteiger partial charge in [0, 0.05) is 0 Å². The summed E-state index contributed by atoms with van der Waals surface area (Å²) in [6.07, 6.45) is 12.3. The van der Waals surface area contributed by atoms with Crippen molar-refractivity contribution in [2.24, 2.45) is 0 Å². The van der Waals surface area contributed by atoms with Crippen molar-refractivity contribution in [1.29, 1.82) is 0 Å². The first-order chi connectivity index (χ1) is 13.4. The monoisotopic (exact) mass is 450 g/mol. The first-order valence-corrected chi connectivity index (χ1v) is 11.7. The van der Waals surface area contributed by atoms with E-state index in [-0.39, 0.29) is 17.0 Å². The van der Waals surface area contributed by atoms with Crippen molar-refractivity contribution in [1.82, 2.24) is 0 Å². The van der Waals surface area contributed by atoms with E-state index in [9.17, 15) is 0 Å². The standard InChI is InChI=1S/C26H28P.BrH/c1-2-3-4-5-6-16-23-27(24-17-10-7-11-18-24,25-19-12-8-13-20-25)26-21-14-9-15-22-26;/h3-4,6-22H,2,5,23H2,1H3;1H/q+1;/p-1/b4-3-,16-6+;. The largest absolute Gasteiger partial charge is 1.00 e. The van der Waals surface area contributed by atoms with Gasteiger partial charge in [0.25, 0.3) is 0 Å². The molecule has 3 rings (SSSR count). The summed E-state index contributed by atoms with van der Waals surface area (Å²) in [6.45, 7) is 2.18. The number of rotatable bonds is 8. The zero-order chi connectivity index (χ0) is 18.8. The Hall–Kier alpha value is -1.95. The second kappa shape index (κ2) is 11.8. The van der Waals surface area contributed by atoms with Crippen molar-refractivity contribution in [3.8, 4) is 0 Å². The molecule has 0 aliphatic carbocycles. The van der Waals surface area contributed by atoms with E-state index in [0.717, 1.165) is 19.0 Å². The van der Waals surface area contributed by atoms with Gasteiger partial charge in [-0.1, -0.05) is 85.8 Å². The van der Waals surface area contributed by atoms with E-state index >= 15 is 0 Å². The summed E-state index contributed by atoms with van der Waals surface area (Å²) in [5.41, 5.74) is 0. The van der Waals surface area contributed by atoms with Crippen LogP contribution in [0.2, 0.25) is 0 Å². The molecule has 0 aliphatic rings. The van der Waals surface area contributed by atoms with Crippen molar-refractivity contribution in [3.63, 3.8) is 0 Å². The van der Waals surface area contributed by atoms with Crippen LogP contribution in [0.1, 0.15) is 19.8 Å². The maximum Gasteiger partial charge on any atom is 0.115 e. The van der Waals surface area contributed by atoms with E-state index in [1.165, 1.54) is 15.9 Å². The second-order valence-electron chi connectivity index (χ2n) is 6.59. The van der Waals surface area contributed by atoms with Crippen LogP contribution in [0.5, 0.6) is 0 Å². The Bertz CT molecular complexity index is 758. The highest BCUT2D eigenvalue weighted by Gasteiger charge is 2.43. The van der Waals surface area contributed by atoms with Gasteiger partial charge in [0.05, 0.1) is 6.16 Å². The van der Waals surface area contributed by atoms with Crippen LogP contribution in [0.4, 0.5) is 0 Å². The molecule has 3 aromatic rings. The van der Waals surface area contributed by atoms with Gasteiger partial charge in [-0.2, -0.15) is 0 Å². The molecule has 28 heavy (non-hydrogen) atoms. The number of benzene rings is 3. The lowest BCUT2D eigenvalue weighted by Gasteiger charge is -2.26. The summed E-state index contributed by atoms with van der Waals surface area (Å²) in [4.78, 5) is 0. The van der Waals surface area contributed by atoms with Gasteiger partial charge in [0.1, 0.15) is 23.2 Å². The van der Waals surface area contributed by atoms with Crippen molar-refractivity contribution in [2.75, 3.05) is 6.16 Å². The molecule has 0 aromatic heterocycles. The van der Waals surface area contributed by atoms with Crippen molar-refractivity contribution in [3.05, 3.63) is 115 Å². The van der Waals surface area contributed by atoms with Crippen LogP contribution >= 0.6 is 7.26 Å². The molecule has 144 valence electrons. The molecule has 0 amide bonds. The van der Waals surface area contributed by atoms with Crippen LogP contribution in [0.25, 0.3) is 0 Å². The van der Waals surface area contributed by atoms with Gasteiger partial charge in [-0.3, -0.25) is 0 Å². The van der Waals surface area contributed by atoms with Gasteiger partial charge in [-0.05, 0) is 49.2 Å². The molecular weight excluding hydrogens is 423 g/mol. The van der Waals surface area contributed by atoms with Crippen LogP contribution in [0, 0.1) is 0 Å². The molecule has 2 heteroatoms. The van der Waals surface area contributed by atoms with Gasteiger partial charge in [0.15, 0.2) is 0 Å². The quantitative estimate of drug-likeness (QED) is 0.365. The molecule has 0 fully saturated rings. The van der Waals surface area contributed by atoms with Crippen LogP contribution in [-0.4, -0.2) is 6.16 Å². The van der Waals surface area contributed by atoms with Crippen molar-refractivity contribution in [2.45, 2.75) is 19.8 Å². The molecule has 0 heterocycles. The fraction of sp³-hybridized carbons (Fsp3) is 0.154. The number of hydrogen-bond donors (Lipinski definition) is 0. The lowest BCUT2D eigenvalue weighted by Crippen LogP contribution is -3.00. The van der Waals surface area contributed by atoms with E-state index < -0.39 is 7.26 Å². The number of hydrogen-bond acceptors (Lipinski definition) is 0. The highest BCUT2D eigenvalue weighted by Crippen LogP contribution is 2.55. The summed E-state index contributed by atoms with van der Waals surface area (Å²) < 4.78 is 0. The van der Waals surface area contributed by atoms with Crippen LogP contribution in [-0.2, 0) is 0 Å². The van der Waals surface area contributed by atoms with E-state index in [0.29, 0.717) is 0 Å². The lowest BCUT2D eigenvalue weighted by molar-refractivity contribution is -0.00000531. The fourth-order valence-corrected chi connectivity index (χ4v) is 7.52. The van der Waals surface area contributed by atoms with Gasteiger partial charge < -0.3 is 17.0 Å². The maximum absolute atomic E-state index is 2.39. The lowest BCUT2D eigenvalue weighted by atomic mass is 10.3. The molecule has 0 spiro atoms. The molecule has 0 aliphatic heterocycles. The van der Waals surface area contributed by atoms with Crippen molar-refractivity contribution >= 4 is 23.2 Å². The highest BCUT2D eigenvalue weighted by molar-refractivity contribution is 7.95. The van der Waals surface area contributed by atoms with Gasteiger partial charge in [-0.15, -0.1) is 0 Å². The van der Waals surface area contributed by atoms with E-state index in [4.69, 9.17) is 0 Å². The zero-order valence-electron chi connectivity index (χ0n) is 16.4. The molecule has 0 N–H and O–H groups in total. The van der Waals surface area contributed by atoms with Gasteiger partial charge in [-0.25, -0.2) is 0 Å². The molecule has 3 aromatic carbocycles. The number of halogens is 1. The van der Waals surface area contributed by atoms with Crippen LogP contribution in [0.3, 0.4) is 0 Å². The molecule has 0 atom stereocenters. The summed E-state index contributed by atoms with van der Waals surface area (Å²) in [5.74, 6) is 0. The molecule has 0 saturated carbocycles. The van der Waals surface area contributed by atoms with E-state index in [1.807, 2.05) is 0 Å². The normalized spacial score (nSPS) is 11.6. The Balaban J connectivity index is 0.00000280. The topological polar surface area (TPSA) is 0 Å². The third-order valence-corrected chi connectivity index (χ3v) is 9.11. The molecule has 0 saturated heterocycles. The third kappa shape index (κ3) is 5.31. The minimum Gasteiger partial charge on any atom is -1.00 e. The molecule has 0 nitrogen and oxygen atoms in total. The molecule has 0 bridgehead atoms. The summed E-state index contributed by atoms with van der Waals surface area (Å²) in [7, 11) is -1.72. The Labute approximate surface area is 181 Å². The Kier molecular flexibility index (Phi) is 9.41. The maximum atomic E-state index is 2.39. The predicted octanol–water partition coefficient (Wildman–Crippen LogP) is 2.90. The highest BCUT2D eigenvalue weighted by atomic mass is 79.9. The molecular formula is C26H28BrP. The average molecular weight is 451 g/mol. The van der Waals surface area contributed by atoms with E-state index in [2.05, 4.69) is 122 Å². The minimum atomic E-state index is -1.72. The Morgan fingerprint density at radius 1 is 0.571 bits per heavy atom. The van der Waals surface area contributed by atoms with E-state index in [1.54, 1.807) is 0 Å². The first kappa shape index (κ1) is 22.3. The average Bonchev–Trinajstić information content (AvgIpc) is 2.75. The summed E-state index contributed by atoms with van der Waals surface area (Å²) >= 11 is 0. The van der Waals surface area contributed by atoms with Gasteiger partial charge in [0.2, 0.25) is 0 Å². The number of allylic oxidation sites excluding steroid dienone is 4. The summed E-state index contributed by atoms with van der Waals surface area (Å²) in [6, 6.07) is 33.2. The predicted molar refractivity (Wildman–Crippen MR) is 123 cm³/mol. The summed E-state index contributed by atoms with van der Waals surface area (Å²) in [5, 5.41) is 4.32. The fourth-order valence-electron chi connectivity index (χ4n) is 3.48. The second-order valence-corrected chi connectivity index (χ2v) is 10.1. The SMILES string of the molecule is CC/C=C\C/C=C/C[P+](c1ccccc1)(c1ccccc1)c1ccccc1.[Br-]. The van der Waals surface area contributed by atoms with Crippen LogP contribution in [0.15, 0.2) is 115 Å². The zero-order valence-corrected chi connectivity index (χ0v) is 18.9. The van der Waals surface area contributed by atoms with Crippen molar-refractivity contribution < 1.29 is 17.0 Å². The minimum absolute atomic E-state index is 0. The first-order valence-electron chi connectivity index (χ1n) is 9.73. The third-order valence-electron chi connectivity index (χ3n) is 4.81. The molecule has 0 unspecified atom stereocenters. The molecule has 0 radical (unpaired) electrons. The van der Waals surface area contributed by atoms with Crippen LogP contribution < -0.4 is 32.9 Å². The Morgan fingerprint density at radius 2 is 0.964 bits per heavy atom.